The number of alkyl halides is 2. The van der Waals surface area contributed by atoms with Gasteiger partial charge in [0.15, 0.2) is 5.75 Å². The molecule has 186 valence electrons. The van der Waals surface area contributed by atoms with Crippen molar-refractivity contribution < 1.29 is 23.0 Å². The zero-order valence-corrected chi connectivity index (χ0v) is 20.4. The van der Waals surface area contributed by atoms with Crippen LogP contribution in [0.15, 0.2) is 30.5 Å². The van der Waals surface area contributed by atoms with E-state index in [9.17, 15) is 13.6 Å². The number of nitrogens with zero attached hydrogens (tertiary/aromatic N) is 3. The number of aromatic nitrogens is 2. The number of hydrogen-bond acceptors (Lipinski definition) is 5. The van der Waals surface area contributed by atoms with Crippen molar-refractivity contribution in [3.63, 3.8) is 0 Å². The van der Waals surface area contributed by atoms with Gasteiger partial charge < -0.3 is 14.8 Å². The van der Waals surface area contributed by atoms with E-state index in [1.807, 2.05) is 10.7 Å². The first-order chi connectivity index (χ1) is 16.2. The highest BCUT2D eigenvalue weighted by molar-refractivity contribution is 6.30. The van der Waals surface area contributed by atoms with E-state index >= 15 is 0 Å². The minimum atomic E-state index is -3.04. The number of nitrogens with one attached hydrogen (secondary N) is 1. The van der Waals surface area contributed by atoms with Crippen molar-refractivity contribution in [1.82, 2.24) is 14.7 Å². The molecule has 2 fully saturated rings. The molecule has 0 spiro atoms. The van der Waals surface area contributed by atoms with Crippen molar-refractivity contribution >= 4 is 23.2 Å². The highest BCUT2D eigenvalue weighted by Crippen LogP contribution is 2.39. The number of rotatable bonds is 8. The molecule has 0 radical (unpaired) electrons. The summed E-state index contributed by atoms with van der Waals surface area (Å²) < 4.78 is 37.8. The minimum Gasteiger partial charge on any atom is -0.433 e. The lowest BCUT2D eigenvalue weighted by atomic mass is 9.81. The van der Waals surface area contributed by atoms with E-state index in [4.69, 9.17) is 16.3 Å². The first-order valence-corrected chi connectivity index (χ1v) is 12.0. The van der Waals surface area contributed by atoms with Crippen LogP contribution in [-0.2, 0) is 15.1 Å². The normalized spacial score (nSPS) is 22.6. The average molecular weight is 497 g/mol. The number of likely N-dealkylation sites (tertiary alicyclic amines) is 1. The van der Waals surface area contributed by atoms with Crippen LogP contribution in [0, 0.1) is 0 Å². The molecule has 1 N–H and O–H groups in total. The molecule has 2 aliphatic rings. The predicted octanol–water partition coefficient (Wildman–Crippen LogP) is 4.87. The smallest absolute Gasteiger partial charge is 0.387 e. The van der Waals surface area contributed by atoms with Gasteiger partial charge in [-0.2, -0.15) is 13.9 Å². The molecule has 2 heterocycles. The quantitative estimate of drug-likeness (QED) is 0.564. The molecule has 1 aliphatic heterocycles. The predicted molar refractivity (Wildman–Crippen MR) is 126 cm³/mol. The van der Waals surface area contributed by atoms with Gasteiger partial charge in [0.2, 0.25) is 0 Å². The molecule has 1 saturated heterocycles. The summed E-state index contributed by atoms with van der Waals surface area (Å²) in [6, 6.07) is 6.66. The van der Waals surface area contributed by atoms with Crippen LogP contribution >= 0.6 is 11.6 Å². The summed E-state index contributed by atoms with van der Waals surface area (Å²) in [6.07, 6.45) is 5.10. The summed E-state index contributed by atoms with van der Waals surface area (Å²) in [4.78, 5) is 16.3. The summed E-state index contributed by atoms with van der Waals surface area (Å²) in [5.74, 6) is -0.316. The van der Waals surface area contributed by atoms with Gasteiger partial charge in [-0.3, -0.25) is 14.4 Å². The maximum Gasteiger partial charge on any atom is 0.387 e. The zero-order valence-electron chi connectivity index (χ0n) is 19.6. The fourth-order valence-electron chi connectivity index (χ4n) is 4.96. The monoisotopic (exact) mass is 496 g/mol. The van der Waals surface area contributed by atoms with Gasteiger partial charge in [0.1, 0.15) is 5.54 Å². The summed E-state index contributed by atoms with van der Waals surface area (Å²) in [5.41, 5.74) is 0.148. The Hall–Kier alpha value is -2.23. The molecule has 1 aromatic carbocycles. The molecule has 1 aliphatic carbocycles. The molecule has 0 atom stereocenters. The van der Waals surface area contributed by atoms with Crippen molar-refractivity contribution in [2.24, 2.45) is 0 Å². The second kappa shape index (κ2) is 10.2. The Balaban J connectivity index is 1.61. The van der Waals surface area contributed by atoms with Gasteiger partial charge in [0.25, 0.3) is 5.91 Å². The van der Waals surface area contributed by atoms with Crippen LogP contribution < -0.4 is 10.1 Å². The Labute approximate surface area is 203 Å². The van der Waals surface area contributed by atoms with E-state index in [0.29, 0.717) is 25.0 Å². The molecule has 34 heavy (non-hydrogen) atoms. The van der Waals surface area contributed by atoms with Gasteiger partial charge in [-0.15, -0.1) is 0 Å². The van der Waals surface area contributed by atoms with Gasteiger partial charge >= 0.3 is 6.61 Å². The van der Waals surface area contributed by atoms with E-state index in [1.165, 1.54) is 18.2 Å². The fourth-order valence-corrected chi connectivity index (χ4v) is 5.12. The first kappa shape index (κ1) is 24.9. The number of carbonyl (C=O) groups is 1. The van der Waals surface area contributed by atoms with Crippen molar-refractivity contribution in [3.05, 3.63) is 41.2 Å². The standard InChI is InChI=1S/C24H31ClF2N4O3/c1-15(2)20-6-9-28-31(20)24(7-10-30(11-8-24)17-13-18(14-17)33-3)22(32)29-19-5-4-16(25)12-21(19)34-23(26)27/h4-6,9,12,15,17-18,23H,7-8,10-11,13-14H2,1-3H3,(H,29,32). The average Bonchev–Trinajstić information content (AvgIpc) is 3.26. The second-order valence-corrected chi connectivity index (χ2v) is 9.78. The van der Waals surface area contributed by atoms with E-state index in [-0.39, 0.29) is 28.3 Å². The summed E-state index contributed by atoms with van der Waals surface area (Å²) >= 11 is 5.97. The van der Waals surface area contributed by atoms with Crippen molar-refractivity contribution in [2.75, 3.05) is 25.5 Å². The summed E-state index contributed by atoms with van der Waals surface area (Å²) in [7, 11) is 1.74. The number of halogens is 3. The second-order valence-electron chi connectivity index (χ2n) is 9.35. The van der Waals surface area contributed by atoms with Crippen molar-refractivity contribution in [1.29, 1.82) is 0 Å². The third-order valence-electron chi connectivity index (χ3n) is 7.04. The molecular formula is C24H31ClF2N4O3. The van der Waals surface area contributed by atoms with Crippen LogP contribution in [0.2, 0.25) is 5.02 Å². The number of benzene rings is 1. The maximum absolute atomic E-state index is 13.9. The van der Waals surface area contributed by atoms with Crippen molar-refractivity contribution in [3.8, 4) is 5.75 Å². The number of carbonyl (C=O) groups excluding carboxylic acids is 1. The van der Waals surface area contributed by atoms with Crippen LogP contribution in [-0.4, -0.2) is 59.5 Å². The zero-order chi connectivity index (χ0) is 24.5. The summed E-state index contributed by atoms with van der Waals surface area (Å²) in [6.45, 7) is 2.53. The number of ether oxygens (including phenoxy) is 2. The van der Waals surface area contributed by atoms with E-state index in [1.54, 1.807) is 13.3 Å². The Kier molecular flexibility index (Phi) is 7.45. The third kappa shape index (κ3) is 4.92. The highest BCUT2D eigenvalue weighted by Gasteiger charge is 2.47. The Morgan fingerprint density at radius 1 is 1.24 bits per heavy atom. The lowest BCUT2D eigenvalue weighted by Crippen LogP contribution is -2.58. The lowest BCUT2D eigenvalue weighted by molar-refractivity contribution is -0.129. The fraction of sp³-hybridized carbons (Fsp3) is 0.583. The maximum atomic E-state index is 13.9. The van der Waals surface area contributed by atoms with Crippen LogP contribution in [0.3, 0.4) is 0 Å². The SMILES string of the molecule is COC1CC(N2CCC(C(=O)Nc3ccc(Cl)cc3OC(F)F)(n3nccc3C(C)C)CC2)C1. The number of amides is 1. The molecule has 1 saturated carbocycles. The summed E-state index contributed by atoms with van der Waals surface area (Å²) in [5, 5.41) is 7.63. The molecule has 1 amide bonds. The number of hydrogen-bond donors (Lipinski definition) is 1. The minimum absolute atomic E-state index is 0.150. The number of anilines is 1. The molecule has 10 heteroatoms. The molecule has 2 aromatic rings. The van der Waals surface area contributed by atoms with Crippen LogP contribution in [0.25, 0.3) is 0 Å². The molecule has 0 bridgehead atoms. The Morgan fingerprint density at radius 3 is 2.56 bits per heavy atom. The molecule has 1 aromatic heterocycles. The van der Waals surface area contributed by atoms with E-state index in [0.717, 1.165) is 31.6 Å². The number of methoxy groups -OCH3 is 1. The molecule has 4 rings (SSSR count). The first-order valence-electron chi connectivity index (χ1n) is 11.6. The van der Waals surface area contributed by atoms with Crippen LogP contribution in [0.4, 0.5) is 14.5 Å². The molecule has 0 unspecified atom stereocenters. The molecule has 7 nitrogen and oxygen atoms in total. The van der Waals surface area contributed by atoms with Crippen LogP contribution in [0.1, 0.15) is 51.1 Å². The van der Waals surface area contributed by atoms with Gasteiger partial charge in [-0.1, -0.05) is 25.4 Å². The van der Waals surface area contributed by atoms with E-state index < -0.39 is 12.2 Å². The van der Waals surface area contributed by atoms with Gasteiger partial charge in [-0.05, 0) is 49.8 Å². The largest absolute Gasteiger partial charge is 0.433 e. The topological polar surface area (TPSA) is 68.6 Å². The Morgan fingerprint density at radius 2 is 1.94 bits per heavy atom. The third-order valence-corrected chi connectivity index (χ3v) is 7.28. The van der Waals surface area contributed by atoms with Crippen molar-refractivity contribution in [2.45, 2.75) is 69.7 Å². The Bertz CT molecular complexity index is 1000. The highest BCUT2D eigenvalue weighted by atomic mass is 35.5. The lowest BCUT2D eigenvalue weighted by Gasteiger charge is -2.48. The number of piperidine rings is 1. The molecular weight excluding hydrogens is 466 g/mol. The van der Waals surface area contributed by atoms with E-state index in [2.05, 4.69) is 33.9 Å². The van der Waals surface area contributed by atoms with Gasteiger partial charge in [0, 0.05) is 49.2 Å². The van der Waals surface area contributed by atoms with Gasteiger partial charge in [0.05, 0.1) is 11.8 Å². The van der Waals surface area contributed by atoms with Crippen LogP contribution in [0.5, 0.6) is 5.75 Å². The van der Waals surface area contributed by atoms with Gasteiger partial charge in [-0.25, -0.2) is 0 Å².